The van der Waals surface area contributed by atoms with Gasteiger partial charge in [0.1, 0.15) is 5.82 Å². The number of urea groups is 1. The lowest BCUT2D eigenvalue weighted by Gasteiger charge is -2.36. The molecule has 2 aliphatic rings. The maximum atomic E-state index is 14.5. The summed E-state index contributed by atoms with van der Waals surface area (Å²) in [5.74, 6) is -0.325. The Labute approximate surface area is 176 Å². The largest absolute Gasteiger partial charge is 0.325 e. The lowest BCUT2D eigenvalue weighted by atomic mass is 10.0. The number of carbonyl (C=O) groups is 1. The maximum Gasteiger partial charge on any atom is 0.321 e. The predicted octanol–water partition coefficient (Wildman–Crippen LogP) is 4.72. The lowest BCUT2D eigenvalue weighted by molar-refractivity contribution is 0.136. The van der Waals surface area contributed by atoms with Gasteiger partial charge in [0.2, 0.25) is 0 Å². The van der Waals surface area contributed by atoms with E-state index in [9.17, 15) is 9.18 Å². The summed E-state index contributed by atoms with van der Waals surface area (Å²) in [5.41, 5.74) is 2.25. The van der Waals surface area contributed by atoms with E-state index in [4.69, 9.17) is 11.6 Å². The number of carbonyl (C=O) groups excluding carboxylic acids is 1. The Morgan fingerprint density at radius 2 is 1.90 bits per heavy atom. The van der Waals surface area contributed by atoms with Gasteiger partial charge in [-0.3, -0.25) is 0 Å². The number of amides is 2. The second kappa shape index (κ2) is 8.56. The van der Waals surface area contributed by atoms with Crippen molar-refractivity contribution in [3.05, 3.63) is 76.6 Å². The van der Waals surface area contributed by atoms with Crippen LogP contribution in [0.2, 0.25) is 5.02 Å². The first-order valence-corrected chi connectivity index (χ1v) is 10.4. The Bertz CT molecular complexity index is 912. The van der Waals surface area contributed by atoms with Crippen molar-refractivity contribution in [3.8, 4) is 0 Å². The van der Waals surface area contributed by atoms with Crippen LogP contribution in [-0.4, -0.2) is 48.6 Å². The first-order chi connectivity index (χ1) is 14.0. The van der Waals surface area contributed by atoms with Crippen molar-refractivity contribution in [2.75, 3.05) is 26.7 Å². The van der Waals surface area contributed by atoms with Gasteiger partial charge in [0.25, 0.3) is 0 Å². The Morgan fingerprint density at radius 1 is 1.17 bits per heavy atom. The van der Waals surface area contributed by atoms with Crippen LogP contribution in [0.4, 0.5) is 9.18 Å². The molecule has 6 heteroatoms. The summed E-state index contributed by atoms with van der Waals surface area (Å²) < 4.78 is 14.5. The number of piperidine rings is 1. The van der Waals surface area contributed by atoms with Crippen molar-refractivity contribution >= 4 is 23.2 Å². The van der Waals surface area contributed by atoms with Crippen molar-refractivity contribution in [1.29, 1.82) is 0 Å². The number of halogens is 2. The van der Waals surface area contributed by atoms with Crippen molar-refractivity contribution in [2.45, 2.75) is 24.9 Å². The van der Waals surface area contributed by atoms with Crippen LogP contribution in [0.3, 0.4) is 0 Å². The number of hydrogen-bond acceptors (Lipinski definition) is 2. The third-order valence-corrected chi connectivity index (χ3v) is 6.09. The van der Waals surface area contributed by atoms with E-state index in [1.54, 1.807) is 12.1 Å². The molecule has 2 aromatic rings. The molecule has 0 aromatic heterocycles. The summed E-state index contributed by atoms with van der Waals surface area (Å²) in [4.78, 5) is 17.1. The minimum Gasteiger partial charge on any atom is -0.325 e. The first kappa shape index (κ1) is 19.9. The molecular formula is C23H25ClFN3O. The van der Waals surface area contributed by atoms with E-state index in [0.29, 0.717) is 17.1 Å². The highest BCUT2D eigenvalue weighted by Gasteiger charge is 2.35. The molecule has 1 unspecified atom stereocenters. The monoisotopic (exact) mass is 413 g/mol. The fourth-order valence-corrected chi connectivity index (χ4v) is 4.37. The molecule has 4 rings (SSSR count). The van der Waals surface area contributed by atoms with E-state index < -0.39 is 0 Å². The van der Waals surface area contributed by atoms with Crippen LogP contribution in [0.5, 0.6) is 0 Å². The first-order valence-electron chi connectivity index (χ1n) is 10.00. The molecule has 2 heterocycles. The summed E-state index contributed by atoms with van der Waals surface area (Å²) >= 11 is 6.11. The minimum atomic E-state index is -0.325. The molecule has 0 spiro atoms. The maximum absolute atomic E-state index is 14.5. The molecule has 1 saturated heterocycles. The standard InChI is InChI=1S/C23H25ClFN3O/c1-27(19-9-11-26-12-10-19)23(29)28-15-17(20-14-18(24)7-8-21(20)25)13-22(28)16-5-3-2-4-6-16/h2-8,13-14,19,22,26H,9-12,15H2,1H3. The zero-order chi connectivity index (χ0) is 20.4. The zero-order valence-electron chi connectivity index (χ0n) is 16.4. The minimum absolute atomic E-state index is 0.0283. The fourth-order valence-electron chi connectivity index (χ4n) is 4.20. The van der Waals surface area contributed by atoms with E-state index in [0.717, 1.165) is 37.1 Å². The highest BCUT2D eigenvalue weighted by atomic mass is 35.5. The van der Waals surface area contributed by atoms with E-state index in [1.165, 1.54) is 6.07 Å². The van der Waals surface area contributed by atoms with Crippen molar-refractivity contribution < 1.29 is 9.18 Å². The van der Waals surface area contributed by atoms with Crippen molar-refractivity contribution in [2.24, 2.45) is 0 Å². The van der Waals surface area contributed by atoms with Gasteiger partial charge in [-0.2, -0.15) is 0 Å². The van der Waals surface area contributed by atoms with Gasteiger partial charge >= 0.3 is 6.03 Å². The van der Waals surface area contributed by atoms with Gasteiger partial charge in [0.05, 0.1) is 6.04 Å². The van der Waals surface area contributed by atoms with Gasteiger partial charge in [0, 0.05) is 30.2 Å². The number of hydrogen-bond donors (Lipinski definition) is 1. The number of nitrogens with one attached hydrogen (secondary N) is 1. The number of benzene rings is 2. The summed E-state index contributed by atoms with van der Waals surface area (Å²) in [7, 11) is 1.87. The number of nitrogens with zero attached hydrogens (tertiary/aromatic N) is 2. The van der Waals surface area contributed by atoms with Gasteiger partial charge in [-0.05, 0) is 55.3 Å². The van der Waals surface area contributed by atoms with Crippen LogP contribution in [0.25, 0.3) is 5.57 Å². The average Bonchev–Trinajstić information content (AvgIpc) is 3.21. The average molecular weight is 414 g/mol. The summed E-state index contributed by atoms with van der Waals surface area (Å²) in [6.07, 6.45) is 3.86. The molecule has 152 valence electrons. The molecule has 1 N–H and O–H groups in total. The second-order valence-corrected chi connectivity index (χ2v) is 8.11. The Balaban J connectivity index is 1.65. The van der Waals surface area contributed by atoms with Gasteiger partial charge in [-0.1, -0.05) is 48.0 Å². The van der Waals surface area contributed by atoms with Crippen LogP contribution in [-0.2, 0) is 0 Å². The van der Waals surface area contributed by atoms with Crippen LogP contribution in [0.15, 0.2) is 54.6 Å². The predicted molar refractivity (Wildman–Crippen MR) is 114 cm³/mol. The van der Waals surface area contributed by atoms with Gasteiger partial charge in [0.15, 0.2) is 0 Å². The van der Waals surface area contributed by atoms with Crippen LogP contribution < -0.4 is 5.32 Å². The van der Waals surface area contributed by atoms with Crippen molar-refractivity contribution in [3.63, 3.8) is 0 Å². The van der Waals surface area contributed by atoms with E-state index in [2.05, 4.69) is 5.32 Å². The molecule has 4 nitrogen and oxygen atoms in total. The van der Waals surface area contributed by atoms with E-state index in [-0.39, 0.29) is 23.9 Å². The highest BCUT2D eigenvalue weighted by molar-refractivity contribution is 6.30. The fraction of sp³-hybridized carbons (Fsp3) is 0.348. The molecule has 29 heavy (non-hydrogen) atoms. The molecular weight excluding hydrogens is 389 g/mol. The zero-order valence-corrected chi connectivity index (χ0v) is 17.2. The molecule has 2 aromatic carbocycles. The Morgan fingerprint density at radius 3 is 2.62 bits per heavy atom. The third kappa shape index (κ3) is 4.16. The lowest BCUT2D eigenvalue weighted by Crippen LogP contribution is -2.49. The summed E-state index contributed by atoms with van der Waals surface area (Å²) in [6, 6.07) is 14.4. The molecule has 0 aliphatic carbocycles. The Hall–Kier alpha value is -2.37. The molecule has 1 atom stereocenters. The topological polar surface area (TPSA) is 35.6 Å². The van der Waals surface area contributed by atoms with Crippen LogP contribution in [0, 0.1) is 5.82 Å². The van der Waals surface area contributed by atoms with Crippen LogP contribution >= 0.6 is 11.6 Å². The molecule has 2 amide bonds. The quantitative estimate of drug-likeness (QED) is 0.790. The van der Waals surface area contributed by atoms with Gasteiger partial charge in [-0.25, -0.2) is 9.18 Å². The highest BCUT2D eigenvalue weighted by Crippen LogP contribution is 2.37. The molecule has 2 aliphatic heterocycles. The summed E-state index contributed by atoms with van der Waals surface area (Å²) in [6.45, 7) is 2.19. The molecule has 0 bridgehead atoms. The SMILES string of the molecule is CN(C(=O)N1CC(c2cc(Cl)ccc2F)=CC1c1ccccc1)C1CCNCC1. The van der Waals surface area contributed by atoms with Gasteiger partial charge < -0.3 is 15.1 Å². The molecule has 0 radical (unpaired) electrons. The van der Waals surface area contributed by atoms with E-state index in [1.807, 2.05) is 53.3 Å². The number of rotatable bonds is 3. The summed E-state index contributed by atoms with van der Waals surface area (Å²) in [5, 5.41) is 3.82. The third-order valence-electron chi connectivity index (χ3n) is 5.85. The smallest absolute Gasteiger partial charge is 0.321 e. The van der Waals surface area contributed by atoms with Gasteiger partial charge in [-0.15, -0.1) is 0 Å². The van der Waals surface area contributed by atoms with E-state index >= 15 is 0 Å². The Kier molecular flexibility index (Phi) is 5.88. The second-order valence-electron chi connectivity index (χ2n) is 7.67. The van der Waals surface area contributed by atoms with Crippen molar-refractivity contribution in [1.82, 2.24) is 15.1 Å². The van der Waals surface area contributed by atoms with Crippen LogP contribution in [0.1, 0.15) is 30.0 Å². The molecule has 1 fully saturated rings. The normalized spacial score (nSPS) is 19.9. The molecule has 0 saturated carbocycles.